The number of benzene rings is 2. The third-order valence-electron chi connectivity index (χ3n) is 3.30. The summed E-state index contributed by atoms with van der Waals surface area (Å²) < 4.78 is 5.22. The van der Waals surface area contributed by atoms with E-state index in [2.05, 4.69) is 0 Å². The Hall–Kier alpha value is -2.00. The number of carbonyl (C=O) groups is 1. The molecule has 104 valence electrons. The third-order valence-corrected chi connectivity index (χ3v) is 3.61. The minimum atomic E-state index is -0.192. The van der Waals surface area contributed by atoms with Crippen molar-refractivity contribution in [2.24, 2.45) is 0 Å². The highest BCUT2D eigenvalue weighted by atomic mass is 35.5. The van der Waals surface area contributed by atoms with E-state index in [1.54, 1.807) is 30.3 Å². The number of halogens is 1. The Morgan fingerprint density at radius 2 is 1.75 bits per heavy atom. The zero-order valence-corrected chi connectivity index (χ0v) is 12.4. The fraction of sp³-hybridized carbons (Fsp3) is 0.188. The van der Waals surface area contributed by atoms with E-state index in [9.17, 15) is 4.79 Å². The lowest BCUT2D eigenvalue weighted by Gasteiger charge is -2.11. The first kappa shape index (κ1) is 14.4. The zero-order chi connectivity index (χ0) is 14.9. The summed E-state index contributed by atoms with van der Waals surface area (Å²) in [5, 5.41) is 0.433. The van der Waals surface area contributed by atoms with Gasteiger partial charge in [0.2, 0.25) is 0 Å². The van der Waals surface area contributed by atoms with E-state index < -0.39 is 0 Å². The summed E-state index contributed by atoms with van der Waals surface area (Å²) >= 11 is 6.19. The number of hydrogen-bond donors (Lipinski definition) is 1. The SMILES string of the molecule is COc1ccc(N)cc1C(=O)c1cc(C)c(C)cc1Cl. The van der Waals surface area contributed by atoms with Crippen LogP contribution in [0, 0.1) is 13.8 Å². The average Bonchev–Trinajstić information content (AvgIpc) is 2.42. The Balaban J connectivity index is 2.57. The third kappa shape index (κ3) is 2.63. The molecule has 2 aromatic rings. The molecule has 0 radical (unpaired) electrons. The topological polar surface area (TPSA) is 52.3 Å². The van der Waals surface area contributed by atoms with Gasteiger partial charge in [0.05, 0.1) is 17.7 Å². The van der Waals surface area contributed by atoms with Crippen LogP contribution in [0.5, 0.6) is 5.75 Å². The van der Waals surface area contributed by atoms with Crippen LogP contribution in [0.25, 0.3) is 0 Å². The fourth-order valence-electron chi connectivity index (χ4n) is 2.00. The number of ketones is 1. The molecule has 0 amide bonds. The van der Waals surface area contributed by atoms with Gasteiger partial charge in [0.1, 0.15) is 5.75 Å². The Morgan fingerprint density at radius 3 is 2.40 bits per heavy atom. The van der Waals surface area contributed by atoms with E-state index in [-0.39, 0.29) is 5.78 Å². The molecule has 2 rings (SSSR count). The van der Waals surface area contributed by atoms with E-state index in [1.165, 1.54) is 7.11 Å². The maximum Gasteiger partial charge on any atom is 0.198 e. The van der Waals surface area contributed by atoms with E-state index in [1.807, 2.05) is 13.8 Å². The molecule has 0 aliphatic rings. The average molecular weight is 290 g/mol. The quantitative estimate of drug-likeness (QED) is 0.691. The van der Waals surface area contributed by atoms with Gasteiger partial charge in [-0.25, -0.2) is 0 Å². The van der Waals surface area contributed by atoms with Gasteiger partial charge in [0.25, 0.3) is 0 Å². The first-order valence-electron chi connectivity index (χ1n) is 6.19. The van der Waals surface area contributed by atoms with Crippen molar-refractivity contribution in [2.45, 2.75) is 13.8 Å². The Kier molecular flexibility index (Phi) is 4.00. The summed E-state index contributed by atoms with van der Waals surface area (Å²) in [6, 6.07) is 8.56. The van der Waals surface area contributed by atoms with Crippen molar-refractivity contribution in [3.63, 3.8) is 0 Å². The van der Waals surface area contributed by atoms with Crippen LogP contribution in [0.15, 0.2) is 30.3 Å². The van der Waals surface area contributed by atoms with Crippen molar-refractivity contribution >= 4 is 23.1 Å². The Morgan fingerprint density at radius 1 is 1.10 bits per heavy atom. The lowest BCUT2D eigenvalue weighted by Crippen LogP contribution is -2.06. The molecule has 0 unspecified atom stereocenters. The van der Waals surface area contributed by atoms with Gasteiger partial charge in [0.15, 0.2) is 5.78 Å². The van der Waals surface area contributed by atoms with Crippen LogP contribution < -0.4 is 10.5 Å². The number of anilines is 1. The van der Waals surface area contributed by atoms with Gasteiger partial charge in [0, 0.05) is 11.3 Å². The molecule has 0 saturated carbocycles. The molecule has 20 heavy (non-hydrogen) atoms. The first-order valence-corrected chi connectivity index (χ1v) is 6.56. The van der Waals surface area contributed by atoms with Gasteiger partial charge >= 0.3 is 0 Å². The fourth-order valence-corrected chi connectivity index (χ4v) is 2.31. The lowest BCUT2D eigenvalue weighted by atomic mass is 9.98. The summed E-state index contributed by atoms with van der Waals surface area (Å²) in [6.45, 7) is 3.90. The minimum Gasteiger partial charge on any atom is -0.496 e. The molecule has 2 N–H and O–H groups in total. The summed E-state index contributed by atoms with van der Waals surface area (Å²) in [4.78, 5) is 12.6. The molecular formula is C16H16ClNO2. The molecule has 0 atom stereocenters. The van der Waals surface area contributed by atoms with E-state index >= 15 is 0 Å². The molecule has 0 bridgehead atoms. The minimum absolute atomic E-state index is 0.192. The Bertz CT molecular complexity index is 680. The summed E-state index contributed by atoms with van der Waals surface area (Å²) in [7, 11) is 1.52. The number of nitrogen functional groups attached to an aromatic ring is 1. The molecule has 0 aromatic heterocycles. The molecule has 2 aromatic carbocycles. The number of aryl methyl sites for hydroxylation is 2. The van der Waals surface area contributed by atoms with Crippen LogP contribution in [0.4, 0.5) is 5.69 Å². The number of nitrogens with two attached hydrogens (primary N) is 1. The van der Waals surface area contributed by atoms with Crippen molar-refractivity contribution in [3.05, 3.63) is 57.6 Å². The van der Waals surface area contributed by atoms with Crippen LogP contribution in [0.2, 0.25) is 5.02 Å². The van der Waals surface area contributed by atoms with Crippen LogP contribution in [-0.4, -0.2) is 12.9 Å². The number of ether oxygens (including phenoxy) is 1. The van der Waals surface area contributed by atoms with Crippen LogP contribution in [0.1, 0.15) is 27.0 Å². The van der Waals surface area contributed by atoms with Crippen molar-refractivity contribution in [1.29, 1.82) is 0 Å². The van der Waals surface area contributed by atoms with Crippen molar-refractivity contribution in [2.75, 3.05) is 12.8 Å². The first-order chi connectivity index (χ1) is 9.43. The van der Waals surface area contributed by atoms with Gasteiger partial charge in [-0.1, -0.05) is 11.6 Å². The summed E-state index contributed by atoms with van der Waals surface area (Å²) in [6.07, 6.45) is 0. The number of carbonyl (C=O) groups excluding carboxylic acids is 1. The molecule has 0 spiro atoms. The number of hydrogen-bond acceptors (Lipinski definition) is 3. The van der Waals surface area contributed by atoms with Crippen molar-refractivity contribution in [1.82, 2.24) is 0 Å². The molecule has 0 saturated heterocycles. The van der Waals surface area contributed by atoms with Crippen molar-refractivity contribution in [3.8, 4) is 5.75 Å². The second-order valence-corrected chi connectivity index (χ2v) is 5.11. The second-order valence-electron chi connectivity index (χ2n) is 4.71. The zero-order valence-electron chi connectivity index (χ0n) is 11.7. The number of rotatable bonds is 3. The molecular weight excluding hydrogens is 274 g/mol. The van der Waals surface area contributed by atoms with E-state index in [0.717, 1.165) is 11.1 Å². The van der Waals surface area contributed by atoms with Gasteiger partial charge in [-0.3, -0.25) is 4.79 Å². The Labute approximate surface area is 123 Å². The molecule has 0 aliphatic heterocycles. The smallest absolute Gasteiger partial charge is 0.198 e. The summed E-state index contributed by atoms with van der Waals surface area (Å²) in [5.41, 5.74) is 9.19. The summed E-state index contributed by atoms with van der Waals surface area (Å²) in [5.74, 6) is 0.292. The highest BCUT2D eigenvalue weighted by Crippen LogP contribution is 2.28. The monoisotopic (exact) mass is 289 g/mol. The largest absolute Gasteiger partial charge is 0.496 e. The van der Waals surface area contributed by atoms with Gasteiger partial charge < -0.3 is 10.5 Å². The molecule has 3 nitrogen and oxygen atoms in total. The molecule has 4 heteroatoms. The molecule has 0 fully saturated rings. The van der Waals surface area contributed by atoms with Crippen LogP contribution in [-0.2, 0) is 0 Å². The van der Waals surface area contributed by atoms with Gasteiger partial charge in [-0.05, 0) is 55.3 Å². The highest BCUT2D eigenvalue weighted by Gasteiger charge is 2.18. The lowest BCUT2D eigenvalue weighted by molar-refractivity contribution is 0.103. The molecule has 0 aliphatic carbocycles. The van der Waals surface area contributed by atoms with Crippen molar-refractivity contribution < 1.29 is 9.53 Å². The highest BCUT2D eigenvalue weighted by molar-refractivity contribution is 6.35. The predicted molar refractivity (Wildman–Crippen MR) is 81.8 cm³/mol. The van der Waals surface area contributed by atoms with E-state index in [0.29, 0.717) is 27.6 Å². The van der Waals surface area contributed by atoms with Crippen LogP contribution in [0.3, 0.4) is 0 Å². The van der Waals surface area contributed by atoms with Gasteiger partial charge in [-0.15, -0.1) is 0 Å². The number of methoxy groups -OCH3 is 1. The normalized spacial score (nSPS) is 10.4. The maximum atomic E-state index is 12.6. The predicted octanol–water partition coefficient (Wildman–Crippen LogP) is 3.78. The maximum absolute atomic E-state index is 12.6. The standard InChI is InChI=1S/C16H16ClNO2/c1-9-6-12(14(17)7-10(9)2)16(19)13-8-11(18)4-5-15(13)20-3/h4-8H,18H2,1-3H3. The van der Waals surface area contributed by atoms with E-state index in [4.69, 9.17) is 22.1 Å². The molecule has 0 heterocycles. The van der Waals surface area contributed by atoms with Gasteiger partial charge in [-0.2, -0.15) is 0 Å². The second kappa shape index (κ2) is 5.55. The van der Waals surface area contributed by atoms with Crippen LogP contribution >= 0.6 is 11.6 Å².